The first-order chi connectivity index (χ1) is 8.20. The van der Waals surface area contributed by atoms with Gasteiger partial charge in [0, 0.05) is 9.86 Å². The van der Waals surface area contributed by atoms with Crippen LogP contribution in [0.1, 0.15) is 38.5 Å². The average molecular weight is 296 g/mol. The molecule has 92 valence electrons. The number of halogens is 1. The molecule has 0 bridgehead atoms. The fraction of sp³-hybridized carbons (Fsp3) is 0.429. The third-order valence-corrected chi connectivity index (χ3v) is 3.40. The van der Waals surface area contributed by atoms with Crippen LogP contribution in [0.25, 0.3) is 11.0 Å². The highest BCUT2D eigenvalue weighted by Crippen LogP contribution is 2.26. The van der Waals surface area contributed by atoms with Crippen LogP contribution in [-0.4, -0.2) is 6.54 Å². The van der Waals surface area contributed by atoms with Crippen molar-refractivity contribution in [1.29, 1.82) is 0 Å². The van der Waals surface area contributed by atoms with Crippen molar-refractivity contribution in [2.24, 2.45) is 0 Å². The van der Waals surface area contributed by atoms with Crippen molar-refractivity contribution in [3.63, 3.8) is 0 Å². The van der Waals surface area contributed by atoms with E-state index in [9.17, 15) is 0 Å². The van der Waals surface area contributed by atoms with Gasteiger partial charge in [-0.05, 0) is 44.2 Å². The minimum Gasteiger partial charge on any atom is -0.459 e. The molecule has 17 heavy (non-hydrogen) atoms. The van der Waals surface area contributed by atoms with E-state index in [1.807, 2.05) is 12.1 Å². The maximum atomic E-state index is 5.83. The van der Waals surface area contributed by atoms with Crippen LogP contribution in [0.5, 0.6) is 0 Å². The summed E-state index contributed by atoms with van der Waals surface area (Å²) in [6.45, 7) is 5.38. The molecule has 3 heteroatoms. The molecule has 1 aromatic heterocycles. The highest BCUT2D eigenvalue weighted by molar-refractivity contribution is 9.10. The second-order valence-corrected chi connectivity index (χ2v) is 5.28. The third kappa shape index (κ3) is 3.11. The maximum Gasteiger partial charge on any atom is 0.134 e. The van der Waals surface area contributed by atoms with Gasteiger partial charge in [-0.3, -0.25) is 0 Å². The molecule has 1 N–H and O–H groups in total. The molecule has 0 fully saturated rings. The van der Waals surface area contributed by atoms with Crippen LogP contribution in [0.4, 0.5) is 0 Å². The van der Waals surface area contributed by atoms with E-state index in [1.165, 1.54) is 12.8 Å². The Morgan fingerprint density at radius 2 is 2.18 bits per heavy atom. The molecule has 0 aliphatic carbocycles. The molecule has 0 aliphatic rings. The maximum absolute atomic E-state index is 5.83. The predicted octanol–water partition coefficient (Wildman–Crippen LogP) is 4.65. The van der Waals surface area contributed by atoms with Crippen molar-refractivity contribution in [2.75, 3.05) is 6.54 Å². The highest BCUT2D eigenvalue weighted by Gasteiger charge is 2.10. The quantitative estimate of drug-likeness (QED) is 0.813. The number of nitrogens with one attached hydrogen (secondary N) is 1. The summed E-state index contributed by atoms with van der Waals surface area (Å²) in [4.78, 5) is 0. The zero-order valence-electron chi connectivity index (χ0n) is 10.3. The molecule has 0 saturated carbocycles. The summed E-state index contributed by atoms with van der Waals surface area (Å²) in [5.41, 5.74) is 0.951. The molecule has 1 heterocycles. The first-order valence-electron chi connectivity index (χ1n) is 6.13. The van der Waals surface area contributed by atoms with Crippen molar-refractivity contribution in [3.05, 3.63) is 34.5 Å². The van der Waals surface area contributed by atoms with Crippen molar-refractivity contribution >= 4 is 26.9 Å². The summed E-state index contributed by atoms with van der Waals surface area (Å²) in [6.07, 6.45) is 2.42. The zero-order chi connectivity index (χ0) is 12.3. The standard InChI is InChI=1S/C14H18BrNO/c1-3-4-7-16-10(2)14-9-11-8-12(15)5-6-13(11)17-14/h5-6,8-10,16H,3-4,7H2,1-2H3. The van der Waals surface area contributed by atoms with Gasteiger partial charge in [-0.2, -0.15) is 0 Å². The van der Waals surface area contributed by atoms with Crippen LogP contribution >= 0.6 is 15.9 Å². The average Bonchev–Trinajstić information content (AvgIpc) is 2.72. The van der Waals surface area contributed by atoms with E-state index < -0.39 is 0 Å². The SMILES string of the molecule is CCCCNC(C)c1cc2cc(Br)ccc2o1. The van der Waals surface area contributed by atoms with Crippen LogP contribution in [0.3, 0.4) is 0 Å². The summed E-state index contributed by atoms with van der Waals surface area (Å²) < 4.78 is 6.92. The van der Waals surface area contributed by atoms with Gasteiger partial charge in [0.2, 0.25) is 0 Å². The number of fused-ring (bicyclic) bond motifs is 1. The summed E-state index contributed by atoms with van der Waals surface area (Å²) in [5.74, 6) is 1.01. The van der Waals surface area contributed by atoms with Crippen LogP contribution in [-0.2, 0) is 0 Å². The van der Waals surface area contributed by atoms with E-state index in [1.54, 1.807) is 0 Å². The van der Waals surface area contributed by atoms with Crippen LogP contribution in [0.2, 0.25) is 0 Å². The summed E-state index contributed by atoms with van der Waals surface area (Å²) >= 11 is 3.47. The van der Waals surface area contributed by atoms with Crippen LogP contribution in [0, 0.1) is 0 Å². The van der Waals surface area contributed by atoms with E-state index in [0.717, 1.165) is 27.7 Å². The molecular weight excluding hydrogens is 278 g/mol. The van der Waals surface area contributed by atoms with E-state index in [2.05, 4.69) is 47.2 Å². The molecule has 1 aromatic carbocycles. The lowest BCUT2D eigenvalue weighted by atomic mass is 10.2. The van der Waals surface area contributed by atoms with E-state index in [0.29, 0.717) is 0 Å². The van der Waals surface area contributed by atoms with Gasteiger partial charge in [-0.25, -0.2) is 0 Å². The largest absolute Gasteiger partial charge is 0.459 e. The Kier molecular flexibility index (Phi) is 4.24. The van der Waals surface area contributed by atoms with Gasteiger partial charge < -0.3 is 9.73 Å². The van der Waals surface area contributed by atoms with Crippen molar-refractivity contribution < 1.29 is 4.42 Å². The minimum absolute atomic E-state index is 0.271. The fourth-order valence-electron chi connectivity index (χ4n) is 1.84. The Labute approximate surface area is 111 Å². The molecule has 0 saturated heterocycles. The lowest BCUT2D eigenvalue weighted by molar-refractivity contribution is 0.448. The van der Waals surface area contributed by atoms with Crippen molar-refractivity contribution in [3.8, 4) is 0 Å². The first kappa shape index (κ1) is 12.7. The van der Waals surface area contributed by atoms with E-state index >= 15 is 0 Å². The Morgan fingerprint density at radius 1 is 1.35 bits per heavy atom. The monoisotopic (exact) mass is 295 g/mol. The third-order valence-electron chi connectivity index (χ3n) is 2.91. The Balaban J connectivity index is 2.12. The topological polar surface area (TPSA) is 25.2 Å². The zero-order valence-corrected chi connectivity index (χ0v) is 11.9. The molecule has 2 nitrogen and oxygen atoms in total. The lowest BCUT2D eigenvalue weighted by Gasteiger charge is -2.09. The molecule has 1 atom stereocenters. The summed E-state index contributed by atoms with van der Waals surface area (Å²) in [6, 6.07) is 8.48. The Hall–Kier alpha value is -0.800. The van der Waals surface area contributed by atoms with E-state index in [4.69, 9.17) is 4.42 Å². The summed E-state index contributed by atoms with van der Waals surface area (Å²) in [7, 11) is 0. The van der Waals surface area contributed by atoms with Crippen molar-refractivity contribution in [1.82, 2.24) is 5.32 Å². The van der Waals surface area contributed by atoms with Crippen LogP contribution < -0.4 is 5.32 Å². The normalized spacial score (nSPS) is 13.1. The minimum atomic E-state index is 0.271. The van der Waals surface area contributed by atoms with Gasteiger partial charge in [0.15, 0.2) is 0 Å². The number of hydrogen-bond acceptors (Lipinski definition) is 2. The van der Waals surface area contributed by atoms with Crippen molar-refractivity contribution in [2.45, 2.75) is 32.7 Å². The number of rotatable bonds is 5. The molecule has 0 radical (unpaired) electrons. The molecular formula is C14H18BrNO. The second-order valence-electron chi connectivity index (χ2n) is 4.36. The van der Waals surface area contributed by atoms with Gasteiger partial charge >= 0.3 is 0 Å². The lowest BCUT2D eigenvalue weighted by Crippen LogP contribution is -2.19. The van der Waals surface area contributed by atoms with Gasteiger partial charge in [0.05, 0.1) is 6.04 Å². The number of furan rings is 1. The molecule has 0 aliphatic heterocycles. The number of hydrogen-bond donors (Lipinski definition) is 1. The Morgan fingerprint density at radius 3 is 2.94 bits per heavy atom. The van der Waals surface area contributed by atoms with Gasteiger partial charge in [0.1, 0.15) is 11.3 Å². The number of benzene rings is 1. The highest BCUT2D eigenvalue weighted by atomic mass is 79.9. The van der Waals surface area contributed by atoms with Gasteiger partial charge in [-0.15, -0.1) is 0 Å². The molecule has 1 unspecified atom stereocenters. The fourth-order valence-corrected chi connectivity index (χ4v) is 2.22. The van der Waals surface area contributed by atoms with Gasteiger partial charge in [0.25, 0.3) is 0 Å². The predicted molar refractivity (Wildman–Crippen MR) is 75.2 cm³/mol. The molecule has 2 rings (SSSR count). The summed E-state index contributed by atoms with van der Waals surface area (Å²) in [5, 5.41) is 4.62. The smallest absolute Gasteiger partial charge is 0.134 e. The number of unbranched alkanes of at least 4 members (excludes halogenated alkanes) is 1. The Bertz CT molecular complexity index is 492. The molecule has 2 aromatic rings. The second kappa shape index (κ2) is 5.69. The first-order valence-corrected chi connectivity index (χ1v) is 6.92. The molecule has 0 amide bonds. The van der Waals surface area contributed by atoms with Gasteiger partial charge in [-0.1, -0.05) is 29.3 Å². The van der Waals surface area contributed by atoms with Crippen LogP contribution in [0.15, 0.2) is 33.2 Å². The molecule has 0 spiro atoms. The van der Waals surface area contributed by atoms with E-state index in [-0.39, 0.29) is 6.04 Å².